The number of nitrogens with two attached hydrogens (primary N) is 1. The summed E-state index contributed by atoms with van der Waals surface area (Å²) in [6, 6.07) is 7.06. The number of halogens is 1. The lowest BCUT2D eigenvalue weighted by molar-refractivity contribution is 0.102. The minimum absolute atomic E-state index is 0.228. The molecule has 0 aliphatic rings. The zero-order chi connectivity index (χ0) is 14.5. The summed E-state index contributed by atoms with van der Waals surface area (Å²) in [6.45, 7) is 2.03. The summed E-state index contributed by atoms with van der Waals surface area (Å²) < 4.78 is 6.15. The number of amides is 1. The van der Waals surface area contributed by atoms with Crippen molar-refractivity contribution in [3.8, 4) is 0 Å². The van der Waals surface area contributed by atoms with Crippen molar-refractivity contribution in [3.05, 3.63) is 46.6 Å². The summed E-state index contributed by atoms with van der Waals surface area (Å²) in [5.74, 6) is 0.0769. The van der Waals surface area contributed by atoms with Crippen LogP contribution in [-0.2, 0) is 0 Å². The molecule has 1 aromatic carbocycles. The molecule has 0 bridgehead atoms. The molecule has 3 N–H and O–H groups in total. The van der Waals surface area contributed by atoms with Gasteiger partial charge in [0.1, 0.15) is 6.26 Å². The number of nitrogens with one attached hydrogen (secondary N) is 1. The topological polar surface area (TPSA) is 81.1 Å². The monoisotopic (exact) mass is 337 g/mol. The Bertz CT molecular complexity index is 598. The van der Waals surface area contributed by atoms with Gasteiger partial charge in [0.25, 0.3) is 5.91 Å². The van der Waals surface area contributed by atoms with E-state index in [0.29, 0.717) is 11.6 Å². The van der Waals surface area contributed by atoms with E-state index >= 15 is 0 Å². The maximum Gasteiger partial charge on any atom is 0.277 e. The molecule has 5 nitrogen and oxygen atoms in total. The highest BCUT2D eigenvalue weighted by Crippen LogP contribution is 2.18. The second-order valence-corrected chi connectivity index (χ2v) is 5.35. The SMILES string of the molecule is CCCC(N)c1nc(C(=O)Nc2cccc(Br)c2)co1. The summed E-state index contributed by atoms with van der Waals surface area (Å²) in [7, 11) is 0. The van der Waals surface area contributed by atoms with Crippen molar-refractivity contribution in [1.29, 1.82) is 0 Å². The second kappa shape index (κ2) is 6.67. The van der Waals surface area contributed by atoms with Crippen molar-refractivity contribution in [2.75, 3.05) is 5.32 Å². The first kappa shape index (κ1) is 14.7. The first-order valence-electron chi connectivity index (χ1n) is 6.38. The lowest BCUT2D eigenvalue weighted by Gasteiger charge is -2.04. The molecule has 0 fully saturated rings. The number of hydrogen-bond acceptors (Lipinski definition) is 4. The van der Waals surface area contributed by atoms with Crippen molar-refractivity contribution < 1.29 is 9.21 Å². The van der Waals surface area contributed by atoms with Gasteiger partial charge in [0, 0.05) is 10.2 Å². The number of benzene rings is 1. The van der Waals surface area contributed by atoms with Gasteiger partial charge in [-0.05, 0) is 24.6 Å². The molecule has 2 rings (SSSR count). The summed E-state index contributed by atoms with van der Waals surface area (Å²) in [6.07, 6.45) is 3.04. The lowest BCUT2D eigenvalue weighted by Crippen LogP contribution is -2.14. The Morgan fingerprint density at radius 1 is 1.55 bits per heavy atom. The Hall–Kier alpha value is -1.66. The van der Waals surface area contributed by atoms with E-state index in [2.05, 4.69) is 26.2 Å². The number of anilines is 1. The van der Waals surface area contributed by atoms with Gasteiger partial charge in [-0.1, -0.05) is 35.3 Å². The van der Waals surface area contributed by atoms with Crippen LogP contribution in [0.4, 0.5) is 5.69 Å². The molecule has 106 valence electrons. The van der Waals surface area contributed by atoms with Crippen molar-refractivity contribution in [3.63, 3.8) is 0 Å². The van der Waals surface area contributed by atoms with Crippen LogP contribution in [0.3, 0.4) is 0 Å². The number of carbonyl (C=O) groups excluding carboxylic acids is 1. The molecule has 0 spiro atoms. The molecular weight excluding hydrogens is 322 g/mol. The third kappa shape index (κ3) is 3.68. The molecule has 0 saturated carbocycles. The summed E-state index contributed by atoms with van der Waals surface area (Å²) in [4.78, 5) is 16.2. The Morgan fingerprint density at radius 3 is 3.05 bits per heavy atom. The number of carbonyl (C=O) groups is 1. The third-order valence-electron chi connectivity index (χ3n) is 2.75. The van der Waals surface area contributed by atoms with E-state index in [9.17, 15) is 4.79 Å². The Morgan fingerprint density at radius 2 is 2.35 bits per heavy atom. The summed E-state index contributed by atoms with van der Waals surface area (Å²) >= 11 is 3.35. The van der Waals surface area contributed by atoms with Crippen LogP contribution < -0.4 is 11.1 Å². The second-order valence-electron chi connectivity index (χ2n) is 4.43. The van der Waals surface area contributed by atoms with Gasteiger partial charge in [0.2, 0.25) is 5.89 Å². The zero-order valence-corrected chi connectivity index (χ0v) is 12.7. The number of nitrogens with zero attached hydrogens (tertiary/aromatic N) is 1. The Labute approximate surface area is 125 Å². The van der Waals surface area contributed by atoms with Gasteiger partial charge < -0.3 is 15.5 Å². The van der Waals surface area contributed by atoms with Crippen LogP contribution >= 0.6 is 15.9 Å². The molecule has 1 unspecified atom stereocenters. The quantitative estimate of drug-likeness (QED) is 0.874. The maximum absolute atomic E-state index is 12.0. The molecule has 1 heterocycles. The van der Waals surface area contributed by atoms with Gasteiger partial charge in [0.15, 0.2) is 5.69 Å². The van der Waals surface area contributed by atoms with Crippen LogP contribution in [0.25, 0.3) is 0 Å². The number of oxazole rings is 1. The first-order chi connectivity index (χ1) is 9.60. The minimum atomic E-state index is -0.318. The molecule has 0 radical (unpaired) electrons. The third-order valence-corrected chi connectivity index (χ3v) is 3.25. The number of rotatable bonds is 5. The highest BCUT2D eigenvalue weighted by molar-refractivity contribution is 9.10. The van der Waals surface area contributed by atoms with Crippen molar-refractivity contribution in [2.24, 2.45) is 5.73 Å². The Balaban J connectivity index is 2.06. The molecule has 1 aromatic heterocycles. The van der Waals surface area contributed by atoms with Gasteiger partial charge >= 0.3 is 0 Å². The van der Waals surface area contributed by atoms with Crippen molar-refractivity contribution in [1.82, 2.24) is 4.98 Å². The lowest BCUT2D eigenvalue weighted by atomic mass is 10.2. The van der Waals surface area contributed by atoms with E-state index in [-0.39, 0.29) is 17.6 Å². The summed E-state index contributed by atoms with van der Waals surface area (Å²) in [5, 5.41) is 2.75. The number of aromatic nitrogens is 1. The van der Waals surface area contributed by atoms with Gasteiger partial charge in [-0.2, -0.15) is 0 Å². The van der Waals surface area contributed by atoms with Crippen LogP contribution in [0.1, 0.15) is 42.2 Å². The van der Waals surface area contributed by atoms with Crippen LogP contribution in [-0.4, -0.2) is 10.9 Å². The van der Waals surface area contributed by atoms with E-state index < -0.39 is 0 Å². The van der Waals surface area contributed by atoms with Gasteiger partial charge in [-0.25, -0.2) is 4.98 Å². The fourth-order valence-electron chi connectivity index (χ4n) is 1.76. The molecule has 2 aromatic rings. The van der Waals surface area contributed by atoms with E-state index in [1.54, 1.807) is 6.07 Å². The van der Waals surface area contributed by atoms with Crippen molar-refractivity contribution in [2.45, 2.75) is 25.8 Å². The Kier molecular flexibility index (Phi) is 4.92. The van der Waals surface area contributed by atoms with Crippen LogP contribution in [0.2, 0.25) is 0 Å². The molecule has 0 saturated heterocycles. The first-order valence-corrected chi connectivity index (χ1v) is 7.17. The molecule has 20 heavy (non-hydrogen) atoms. The molecule has 1 amide bonds. The predicted molar refractivity (Wildman–Crippen MR) is 80.4 cm³/mol. The normalized spacial score (nSPS) is 12.2. The van der Waals surface area contributed by atoms with Gasteiger partial charge in [-0.15, -0.1) is 0 Å². The number of hydrogen-bond donors (Lipinski definition) is 2. The minimum Gasteiger partial charge on any atom is -0.446 e. The standard InChI is InChI=1S/C14H16BrN3O2/c1-2-4-11(16)14-18-12(8-20-14)13(19)17-10-6-3-5-9(15)7-10/h3,5-8,11H,2,4,16H2,1H3,(H,17,19). The van der Waals surface area contributed by atoms with Crippen LogP contribution in [0, 0.1) is 0 Å². The molecular formula is C14H16BrN3O2. The predicted octanol–water partition coefficient (Wildman–Crippen LogP) is 3.49. The summed E-state index contributed by atoms with van der Waals surface area (Å²) in [5.41, 5.74) is 6.81. The maximum atomic E-state index is 12.0. The average molecular weight is 338 g/mol. The molecule has 1 atom stereocenters. The molecule has 6 heteroatoms. The molecule has 0 aliphatic carbocycles. The van der Waals surface area contributed by atoms with E-state index in [1.807, 2.05) is 25.1 Å². The van der Waals surface area contributed by atoms with E-state index in [0.717, 1.165) is 17.3 Å². The zero-order valence-electron chi connectivity index (χ0n) is 11.1. The highest BCUT2D eigenvalue weighted by atomic mass is 79.9. The van der Waals surface area contributed by atoms with Crippen molar-refractivity contribution >= 4 is 27.5 Å². The van der Waals surface area contributed by atoms with Gasteiger partial charge in [-0.3, -0.25) is 4.79 Å². The fraction of sp³-hybridized carbons (Fsp3) is 0.286. The van der Waals surface area contributed by atoms with E-state index in [1.165, 1.54) is 6.26 Å². The average Bonchev–Trinajstić information content (AvgIpc) is 2.88. The highest BCUT2D eigenvalue weighted by Gasteiger charge is 2.16. The van der Waals surface area contributed by atoms with Crippen LogP contribution in [0.5, 0.6) is 0 Å². The largest absolute Gasteiger partial charge is 0.446 e. The van der Waals surface area contributed by atoms with Crippen LogP contribution in [0.15, 0.2) is 39.4 Å². The van der Waals surface area contributed by atoms with Gasteiger partial charge in [0.05, 0.1) is 6.04 Å². The smallest absolute Gasteiger partial charge is 0.277 e. The molecule has 0 aliphatic heterocycles. The van der Waals surface area contributed by atoms with E-state index in [4.69, 9.17) is 10.2 Å². The fourth-order valence-corrected chi connectivity index (χ4v) is 2.16.